The zero-order valence-electron chi connectivity index (χ0n) is 15.4. The van der Waals surface area contributed by atoms with Crippen molar-refractivity contribution in [3.8, 4) is 5.75 Å². The Balaban J connectivity index is 2.08. The van der Waals surface area contributed by atoms with Crippen molar-refractivity contribution >= 4 is 17.9 Å². The molecule has 2 N–H and O–H groups in total. The van der Waals surface area contributed by atoms with Gasteiger partial charge in [0.1, 0.15) is 5.75 Å². The van der Waals surface area contributed by atoms with Crippen LogP contribution in [0.15, 0.2) is 41.5 Å². The number of para-hydroxylation sites is 1. The Bertz CT molecular complexity index is 783. The Hall–Kier alpha value is -2.82. The van der Waals surface area contributed by atoms with Crippen molar-refractivity contribution in [1.82, 2.24) is 5.43 Å². The number of carbonyl (C=O) groups excluding carboxylic acids is 1. The second-order valence-corrected chi connectivity index (χ2v) is 6.24. The summed E-state index contributed by atoms with van der Waals surface area (Å²) in [5.41, 5.74) is 7.34. The number of hydrogen-bond donors (Lipinski definition) is 2. The first-order valence-electron chi connectivity index (χ1n) is 8.26. The number of nitrogens with zero attached hydrogens (tertiary/aromatic N) is 1. The highest BCUT2D eigenvalue weighted by molar-refractivity contribution is 5.91. The fraction of sp³-hybridized carbons (Fsp3) is 0.300. The largest absolute Gasteiger partial charge is 0.496 e. The maximum atomic E-state index is 12.0. The van der Waals surface area contributed by atoms with Gasteiger partial charge in [-0.25, -0.2) is 10.2 Å². The molecule has 0 aliphatic heterocycles. The molecule has 0 aliphatic carbocycles. The first kappa shape index (κ1) is 18.5. The van der Waals surface area contributed by atoms with E-state index >= 15 is 0 Å². The molecule has 5 nitrogen and oxygen atoms in total. The molecule has 0 saturated heterocycles. The molecule has 2 aromatic carbocycles. The maximum Gasteiger partial charge on any atom is 0.339 e. The van der Waals surface area contributed by atoms with Crippen LogP contribution in [0.3, 0.4) is 0 Å². The number of carbonyl (C=O) groups is 1. The van der Waals surface area contributed by atoms with Crippen LogP contribution < -0.4 is 15.5 Å². The van der Waals surface area contributed by atoms with Crippen molar-refractivity contribution < 1.29 is 9.53 Å². The van der Waals surface area contributed by atoms with Crippen LogP contribution in [0.1, 0.15) is 42.0 Å². The number of hydrazone groups is 1. The first-order valence-corrected chi connectivity index (χ1v) is 8.26. The average Bonchev–Trinajstić information content (AvgIpc) is 2.57. The normalized spacial score (nSPS) is 11.0. The Labute approximate surface area is 149 Å². The standard InChI is InChI=1S/C20H25N3O2/c1-13(2)17-11-16(15(4)10-19(17)25-5)12-21-23-20(24)22-18-9-7-6-8-14(18)3/h6-13H,1-5H3,(H2,22,23,24). The summed E-state index contributed by atoms with van der Waals surface area (Å²) in [6.45, 7) is 8.15. The molecule has 132 valence electrons. The van der Waals surface area contributed by atoms with E-state index in [1.165, 1.54) is 0 Å². The molecule has 0 aromatic heterocycles. The van der Waals surface area contributed by atoms with E-state index in [9.17, 15) is 4.79 Å². The highest BCUT2D eigenvalue weighted by Crippen LogP contribution is 2.29. The van der Waals surface area contributed by atoms with Gasteiger partial charge in [-0.15, -0.1) is 0 Å². The van der Waals surface area contributed by atoms with E-state index in [1.807, 2.05) is 50.2 Å². The van der Waals surface area contributed by atoms with Gasteiger partial charge in [-0.1, -0.05) is 32.0 Å². The Morgan fingerprint density at radius 3 is 2.52 bits per heavy atom. The van der Waals surface area contributed by atoms with Gasteiger partial charge in [-0.2, -0.15) is 5.10 Å². The quantitative estimate of drug-likeness (QED) is 0.618. The summed E-state index contributed by atoms with van der Waals surface area (Å²) >= 11 is 0. The van der Waals surface area contributed by atoms with E-state index in [4.69, 9.17) is 4.74 Å². The number of hydrogen-bond acceptors (Lipinski definition) is 3. The van der Waals surface area contributed by atoms with E-state index in [1.54, 1.807) is 13.3 Å². The summed E-state index contributed by atoms with van der Waals surface area (Å²) in [4.78, 5) is 12.0. The second-order valence-electron chi connectivity index (χ2n) is 6.24. The van der Waals surface area contributed by atoms with E-state index in [-0.39, 0.29) is 6.03 Å². The van der Waals surface area contributed by atoms with Gasteiger partial charge in [0.2, 0.25) is 0 Å². The van der Waals surface area contributed by atoms with Crippen molar-refractivity contribution in [2.75, 3.05) is 12.4 Å². The lowest BCUT2D eigenvalue weighted by atomic mass is 9.97. The molecule has 0 aliphatic rings. The molecule has 2 aromatic rings. The summed E-state index contributed by atoms with van der Waals surface area (Å²) in [5, 5.41) is 6.83. The number of benzene rings is 2. The van der Waals surface area contributed by atoms with E-state index in [0.717, 1.165) is 33.7 Å². The topological polar surface area (TPSA) is 62.7 Å². The van der Waals surface area contributed by atoms with Gasteiger partial charge < -0.3 is 10.1 Å². The van der Waals surface area contributed by atoms with Crippen LogP contribution in [0.25, 0.3) is 0 Å². The smallest absolute Gasteiger partial charge is 0.339 e. The second kappa shape index (κ2) is 8.33. The summed E-state index contributed by atoms with van der Waals surface area (Å²) in [6.07, 6.45) is 1.65. The van der Waals surface area contributed by atoms with Crippen LogP contribution in [-0.4, -0.2) is 19.4 Å². The van der Waals surface area contributed by atoms with Gasteiger partial charge in [-0.05, 0) is 60.2 Å². The minimum atomic E-state index is -0.374. The predicted molar refractivity (Wildman–Crippen MR) is 103 cm³/mol. The lowest BCUT2D eigenvalue weighted by molar-refractivity contribution is 0.252. The summed E-state index contributed by atoms with van der Waals surface area (Å²) in [6, 6.07) is 11.2. The third-order valence-electron chi connectivity index (χ3n) is 4.00. The van der Waals surface area contributed by atoms with Crippen molar-refractivity contribution in [2.45, 2.75) is 33.6 Å². The zero-order chi connectivity index (χ0) is 18.4. The summed E-state index contributed by atoms with van der Waals surface area (Å²) < 4.78 is 5.44. The van der Waals surface area contributed by atoms with Crippen LogP contribution in [0.4, 0.5) is 10.5 Å². The minimum absolute atomic E-state index is 0.333. The number of ether oxygens (including phenoxy) is 1. The highest BCUT2D eigenvalue weighted by Gasteiger charge is 2.10. The van der Waals surface area contributed by atoms with Gasteiger partial charge >= 0.3 is 6.03 Å². The number of urea groups is 1. The van der Waals surface area contributed by atoms with Crippen LogP contribution in [0.5, 0.6) is 5.75 Å². The molecule has 0 unspecified atom stereocenters. The van der Waals surface area contributed by atoms with Crippen LogP contribution in [0, 0.1) is 13.8 Å². The number of methoxy groups -OCH3 is 1. The number of amides is 2. The molecule has 0 spiro atoms. The van der Waals surface area contributed by atoms with Crippen molar-refractivity contribution in [3.05, 3.63) is 58.7 Å². The molecular formula is C20H25N3O2. The molecule has 2 amide bonds. The molecule has 0 atom stereocenters. The van der Waals surface area contributed by atoms with E-state index < -0.39 is 0 Å². The van der Waals surface area contributed by atoms with E-state index in [0.29, 0.717) is 5.92 Å². The van der Waals surface area contributed by atoms with E-state index in [2.05, 4.69) is 29.7 Å². The first-order chi connectivity index (χ1) is 11.9. The predicted octanol–water partition coefficient (Wildman–Crippen LogP) is 4.59. The van der Waals surface area contributed by atoms with Gasteiger partial charge in [0.05, 0.1) is 13.3 Å². The molecule has 0 bridgehead atoms. The number of aryl methyl sites for hydroxylation is 2. The third-order valence-corrected chi connectivity index (χ3v) is 4.00. The van der Waals surface area contributed by atoms with Gasteiger partial charge in [0.15, 0.2) is 0 Å². The van der Waals surface area contributed by atoms with Crippen LogP contribution in [0.2, 0.25) is 0 Å². The fourth-order valence-electron chi connectivity index (χ4n) is 2.51. The monoisotopic (exact) mass is 339 g/mol. The van der Waals surface area contributed by atoms with Crippen molar-refractivity contribution in [1.29, 1.82) is 0 Å². The molecule has 5 heteroatoms. The van der Waals surface area contributed by atoms with Gasteiger partial charge in [0.25, 0.3) is 0 Å². The summed E-state index contributed by atoms with van der Waals surface area (Å²) in [5.74, 6) is 1.20. The van der Waals surface area contributed by atoms with Gasteiger partial charge in [0, 0.05) is 5.69 Å². The third kappa shape index (κ3) is 4.83. The zero-order valence-corrected chi connectivity index (χ0v) is 15.4. The Kier molecular flexibility index (Phi) is 6.17. The van der Waals surface area contributed by atoms with Gasteiger partial charge in [-0.3, -0.25) is 0 Å². The number of rotatable bonds is 5. The number of anilines is 1. The Morgan fingerprint density at radius 2 is 1.88 bits per heavy atom. The minimum Gasteiger partial charge on any atom is -0.496 e. The highest BCUT2D eigenvalue weighted by atomic mass is 16.5. The lowest BCUT2D eigenvalue weighted by Gasteiger charge is -2.14. The number of nitrogens with one attached hydrogen (secondary N) is 2. The molecule has 0 fully saturated rings. The Morgan fingerprint density at radius 1 is 1.16 bits per heavy atom. The lowest BCUT2D eigenvalue weighted by Crippen LogP contribution is -2.24. The van der Waals surface area contributed by atoms with Crippen molar-refractivity contribution in [2.24, 2.45) is 5.10 Å². The molecule has 0 radical (unpaired) electrons. The fourth-order valence-corrected chi connectivity index (χ4v) is 2.51. The molecule has 0 saturated carbocycles. The molecule has 0 heterocycles. The summed E-state index contributed by atoms with van der Waals surface area (Å²) in [7, 11) is 1.67. The molecule has 25 heavy (non-hydrogen) atoms. The van der Waals surface area contributed by atoms with Crippen molar-refractivity contribution in [3.63, 3.8) is 0 Å². The molecule has 2 rings (SSSR count). The van der Waals surface area contributed by atoms with Crippen LogP contribution in [-0.2, 0) is 0 Å². The maximum absolute atomic E-state index is 12.0. The average molecular weight is 339 g/mol. The SMILES string of the molecule is COc1cc(C)c(C=NNC(=O)Nc2ccccc2C)cc1C(C)C. The van der Waals surface area contributed by atoms with Crippen LogP contribution >= 0.6 is 0 Å². The molecular weight excluding hydrogens is 314 g/mol.